The van der Waals surface area contributed by atoms with Gasteiger partial charge in [-0.1, -0.05) is 69.0 Å². The van der Waals surface area contributed by atoms with E-state index in [2.05, 4.69) is 69.0 Å². The lowest BCUT2D eigenvalue weighted by Gasteiger charge is -2.35. The van der Waals surface area contributed by atoms with Gasteiger partial charge in [0.15, 0.2) is 0 Å². The van der Waals surface area contributed by atoms with E-state index in [4.69, 9.17) is 32.7 Å². The zero-order valence-electron chi connectivity index (χ0n) is 21.2. The van der Waals surface area contributed by atoms with Crippen molar-refractivity contribution in [1.82, 2.24) is 0 Å². The van der Waals surface area contributed by atoms with Crippen molar-refractivity contribution >= 4 is 23.2 Å². The third-order valence-corrected chi connectivity index (χ3v) is 7.39. The number of halogens is 2. The topological polar surface area (TPSA) is 58.9 Å². The number of hydrogen-bond donors (Lipinski definition) is 2. The van der Waals surface area contributed by atoms with E-state index in [-0.39, 0.29) is 30.4 Å². The minimum atomic E-state index is -0.738. The molecule has 0 heterocycles. The van der Waals surface area contributed by atoms with Gasteiger partial charge in [0.1, 0.15) is 36.9 Å². The number of aliphatic hydroxyl groups is 2. The molecule has 0 fully saturated rings. The van der Waals surface area contributed by atoms with E-state index < -0.39 is 17.6 Å². The summed E-state index contributed by atoms with van der Waals surface area (Å²) in [6.07, 6.45) is 5.47. The lowest BCUT2D eigenvalue weighted by Crippen LogP contribution is -2.29. The average Bonchev–Trinajstić information content (AvgIpc) is 3.14. The summed E-state index contributed by atoms with van der Waals surface area (Å²) in [6.45, 7) is 10.8. The Morgan fingerprint density at radius 1 is 0.972 bits per heavy atom. The van der Waals surface area contributed by atoms with Gasteiger partial charge in [-0.15, -0.1) is 23.2 Å². The molecular weight excluding hydrogens is 495 g/mol. The standard InChI is InChI=1S/C30H36Cl2O4/c1-5-22(11-10-21(2)35-18-24(33)16-31)30(20-29(3,4)27-8-6-7-9-28(27)30)23-12-14-26(15-13-23)36-19-25(34)17-32/h5-15,24-25,33-34H,2,16-20H2,1,3-4H3/b11-10-,22-5+. The van der Waals surface area contributed by atoms with Gasteiger partial charge in [-0.3, -0.25) is 0 Å². The van der Waals surface area contributed by atoms with Crippen LogP contribution in [0.5, 0.6) is 5.75 Å². The first kappa shape index (κ1) is 28.3. The highest BCUT2D eigenvalue weighted by molar-refractivity contribution is 6.18. The first-order valence-electron chi connectivity index (χ1n) is 12.2. The van der Waals surface area contributed by atoms with Crippen LogP contribution in [-0.4, -0.2) is 47.4 Å². The number of alkyl halides is 2. The molecule has 1 aliphatic carbocycles. The van der Waals surface area contributed by atoms with Crippen LogP contribution in [0.3, 0.4) is 0 Å². The van der Waals surface area contributed by atoms with Crippen molar-refractivity contribution in [3.05, 3.63) is 101 Å². The summed E-state index contributed by atoms with van der Waals surface area (Å²) in [7, 11) is 0. The number of rotatable bonds is 12. The fraction of sp³-hybridized carbons (Fsp3) is 0.400. The van der Waals surface area contributed by atoms with Crippen molar-refractivity contribution in [1.29, 1.82) is 0 Å². The van der Waals surface area contributed by atoms with Crippen LogP contribution >= 0.6 is 23.2 Å². The van der Waals surface area contributed by atoms with E-state index in [1.807, 2.05) is 25.1 Å². The van der Waals surface area contributed by atoms with Crippen LogP contribution in [0.4, 0.5) is 0 Å². The minimum absolute atomic E-state index is 0.0453. The van der Waals surface area contributed by atoms with Gasteiger partial charge in [0.2, 0.25) is 0 Å². The molecular formula is C30H36Cl2O4. The molecule has 2 aromatic rings. The third-order valence-electron chi connectivity index (χ3n) is 6.68. The molecule has 3 atom stereocenters. The summed E-state index contributed by atoms with van der Waals surface area (Å²) in [6, 6.07) is 16.7. The van der Waals surface area contributed by atoms with Gasteiger partial charge >= 0.3 is 0 Å². The molecule has 0 aromatic heterocycles. The summed E-state index contributed by atoms with van der Waals surface area (Å²) in [5, 5.41) is 19.4. The maximum Gasteiger partial charge on any atom is 0.119 e. The first-order valence-corrected chi connectivity index (χ1v) is 13.2. The summed E-state index contributed by atoms with van der Waals surface area (Å²) in [5.74, 6) is 1.38. The second kappa shape index (κ2) is 12.3. The van der Waals surface area contributed by atoms with Crippen LogP contribution in [0.2, 0.25) is 0 Å². The molecule has 0 saturated heterocycles. The monoisotopic (exact) mass is 530 g/mol. The van der Waals surface area contributed by atoms with Gasteiger partial charge in [0, 0.05) is 5.41 Å². The van der Waals surface area contributed by atoms with Gasteiger partial charge < -0.3 is 19.7 Å². The summed E-state index contributed by atoms with van der Waals surface area (Å²) < 4.78 is 11.3. The van der Waals surface area contributed by atoms with Gasteiger partial charge in [0.05, 0.1) is 11.8 Å². The smallest absolute Gasteiger partial charge is 0.119 e. The lowest BCUT2D eigenvalue weighted by molar-refractivity contribution is 0.0910. The van der Waals surface area contributed by atoms with Gasteiger partial charge in [0.25, 0.3) is 0 Å². The zero-order chi connectivity index (χ0) is 26.3. The SMILES string of the molecule is C=C(/C=C\C(=C/C)C1(c2ccc(OCC(O)CCl)cc2)CC(C)(C)c2ccccc21)OCC(O)CCl. The molecule has 3 unspecified atom stereocenters. The normalized spacial score (nSPS) is 20.7. The van der Waals surface area contributed by atoms with Crippen molar-refractivity contribution in [2.75, 3.05) is 25.0 Å². The molecule has 3 rings (SSSR count). The van der Waals surface area contributed by atoms with Gasteiger partial charge in [-0.05, 0) is 59.2 Å². The molecule has 0 radical (unpaired) electrons. The van der Waals surface area contributed by atoms with Crippen LogP contribution in [0.1, 0.15) is 43.9 Å². The zero-order valence-corrected chi connectivity index (χ0v) is 22.7. The minimum Gasteiger partial charge on any atom is -0.491 e. The molecule has 36 heavy (non-hydrogen) atoms. The van der Waals surface area contributed by atoms with Crippen LogP contribution < -0.4 is 4.74 Å². The number of aliphatic hydroxyl groups excluding tert-OH is 2. The Morgan fingerprint density at radius 2 is 1.58 bits per heavy atom. The second-order valence-electron chi connectivity index (χ2n) is 9.82. The average molecular weight is 532 g/mol. The molecule has 2 aromatic carbocycles. The predicted octanol–water partition coefficient (Wildman–Crippen LogP) is 6.27. The molecule has 0 aliphatic heterocycles. The molecule has 194 valence electrons. The van der Waals surface area contributed by atoms with Gasteiger partial charge in [-0.2, -0.15) is 0 Å². The molecule has 6 heteroatoms. The van der Waals surface area contributed by atoms with Crippen molar-refractivity contribution in [2.45, 2.75) is 50.2 Å². The van der Waals surface area contributed by atoms with E-state index in [1.165, 1.54) is 11.1 Å². The van der Waals surface area contributed by atoms with Crippen molar-refractivity contribution in [3.63, 3.8) is 0 Å². The van der Waals surface area contributed by atoms with Crippen molar-refractivity contribution in [2.24, 2.45) is 0 Å². The highest BCUT2D eigenvalue weighted by Gasteiger charge is 2.49. The molecule has 0 amide bonds. The van der Waals surface area contributed by atoms with E-state index in [9.17, 15) is 10.2 Å². The Morgan fingerprint density at radius 3 is 2.19 bits per heavy atom. The van der Waals surface area contributed by atoms with E-state index >= 15 is 0 Å². The number of fused-ring (bicyclic) bond motifs is 1. The Labute approximate surface area is 224 Å². The summed E-state index contributed by atoms with van der Waals surface area (Å²) in [5.41, 5.74) is 4.42. The third kappa shape index (κ3) is 6.18. The molecule has 0 saturated carbocycles. The molecule has 0 bridgehead atoms. The molecule has 4 nitrogen and oxygen atoms in total. The highest BCUT2D eigenvalue weighted by atomic mass is 35.5. The van der Waals surface area contributed by atoms with Crippen LogP contribution in [0.15, 0.2) is 84.7 Å². The molecule has 0 spiro atoms. The Balaban J connectivity index is 2.01. The Kier molecular flexibility index (Phi) is 9.71. The second-order valence-corrected chi connectivity index (χ2v) is 10.4. The van der Waals surface area contributed by atoms with Crippen molar-refractivity contribution < 1.29 is 19.7 Å². The van der Waals surface area contributed by atoms with Crippen molar-refractivity contribution in [3.8, 4) is 5.75 Å². The maximum atomic E-state index is 9.74. The predicted molar refractivity (Wildman–Crippen MR) is 148 cm³/mol. The number of benzene rings is 2. The molecule has 1 aliphatic rings. The van der Waals surface area contributed by atoms with E-state index in [0.29, 0.717) is 11.5 Å². The van der Waals surface area contributed by atoms with Crippen LogP contribution in [0.25, 0.3) is 0 Å². The Bertz CT molecular complexity index is 1090. The number of hydrogen-bond acceptors (Lipinski definition) is 4. The maximum absolute atomic E-state index is 9.74. The van der Waals surface area contributed by atoms with E-state index in [0.717, 1.165) is 17.6 Å². The quantitative estimate of drug-likeness (QED) is 0.193. The number of ether oxygens (including phenoxy) is 2. The summed E-state index contributed by atoms with van der Waals surface area (Å²) in [4.78, 5) is 0. The van der Waals surface area contributed by atoms with Crippen LogP contribution in [-0.2, 0) is 15.6 Å². The number of allylic oxidation sites excluding steroid dienone is 4. The summed E-state index contributed by atoms with van der Waals surface area (Å²) >= 11 is 11.4. The van der Waals surface area contributed by atoms with E-state index in [1.54, 1.807) is 0 Å². The van der Waals surface area contributed by atoms with Crippen LogP contribution in [0, 0.1) is 0 Å². The fourth-order valence-electron chi connectivity index (χ4n) is 5.02. The fourth-order valence-corrected chi connectivity index (χ4v) is 5.19. The van der Waals surface area contributed by atoms with Gasteiger partial charge in [-0.25, -0.2) is 0 Å². The highest BCUT2D eigenvalue weighted by Crippen LogP contribution is 2.56. The largest absolute Gasteiger partial charge is 0.491 e. The molecule has 2 N–H and O–H groups in total. The first-order chi connectivity index (χ1) is 17.2. The lowest BCUT2D eigenvalue weighted by atomic mass is 9.68. The Hall–Kier alpha value is -2.24.